The summed E-state index contributed by atoms with van der Waals surface area (Å²) in [5.74, 6) is -2.85. The molecule has 0 spiro atoms. The molecule has 0 N–H and O–H groups in total. The van der Waals surface area contributed by atoms with Gasteiger partial charge in [0.05, 0.1) is 13.2 Å². The van der Waals surface area contributed by atoms with Crippen LogP contribution in [0.25, 0.3) is 0 Å². The number of carbonyl (C=O) groups is 3. The maximum Gasteiger partial charge on any atom is 0.295 e. The molecule has 0 radical (unpaired) electrons. The number of methoxy groups -OCH3 is 1. The lowest BCUT2D eigenvalue weighted by atomic mass is 9.86. The van der Waals surface area contributed by atoms with Crippen molar-refractivity contribution >= 4 is 23.2 Å². The first-order valence-corrected chi connectivity index (χ1v) is 9.28. The number of carbonyl (C=O) groups excluding carboxylic acids is 3. The minimum absolute atomic E-state index is 0.225. The van der Waals surface area contributed by atoms with Crippen molar-refractivity contribution in [2.45, 2.75) is 32.2 Å². The van der Waals surface area contributed by atoms with Crippen LogP contribution in [-0.2, 0) is 14.4 Å². The average Bonchev–Trinajstić information content (AvgIpc) is 2.97. The number of ether oxygens (including phenoxy) is 1. The number of halogens is 1. The lowest BCUT2D eigenvalue weighted by Crippen LogP contribution is -2.30. The number of nitrogens with zero attached hydrogens (tertiary/aromatic N) is 1. The second-order valence-electron chi connectivity index (χ2n) is 6.75. The normalized spacial score (nSPS) is 19.2. The number of unbranched alkanes of at least 4 members (excludes halogenated alkanes) is 1. The molecule has 1 aliphatic rings. The Hall–Kier alpha value is -3.02. The summed E-state index contributed by atoms with van der Waals surface area (Å²) in [5.41, 5.74) is 0.935. The van der Waals surface area contributed by atoms with E-state index in [9.17, 15) is 18.8 Å². The molecular formula is C22H22FNO4. The zero-order valence-corrected chi connectivity index (χ0v) is 15.9. The number of anilines is 1. The van der Waals surface area contributed by atoms with E-state index in [1.165, 1.54) is 36.3 Å². The van der Waals surface area contributed by atoms with Crippen molar-refractivity contribution in [2.24, 2.45) is 5.92 Å². The molecule has 0 aromatic heterocycles. The SMILES string of the molecule is CCCCC(=O)C1C(=O)C(=O)N(c2ccc(F)cc2)C1c1ccccc1OC. The molecule has 0 bridgehead atoms. The van der Waals surface area contributed by atoms with Gasteiger partial charge in [-0.3, -0.25) is 19.3 Å². The number of benzene rings is 2. The smallest absolute Gasteiger partial charge is 0.295 e. The van der Waals surface area contributed by atoms with Gasteiger partial charge in [-0.15, -0.1) is 0 Å². The lowest BCUT2D eigenvalue weighted by molar-refractivity contribution is -0.139. The fourth-order valence-corrected chi connectivity index (χ4v) is 3.61. The van der Waals surface area contributed by atoms with Crippen LogP contribution in [0.2, 0.25) is 0 Å². The molecular weight excluding hydrogens is 361 g/mol. The minimum Gasteiger partial charge on any atom is -0.496 e. The molecule has 0 aliphatic carbocycles. The first-order chi connectivity index (χ1) is 13.5. The molecule has 0 saturated carbocycles. The van der Waals surface area contributed by atoms with Crippen molar-refractivity contribution in [3.63, 3.8) is 0 Å². The fraction of sp³-hybridized carbons (Fsp3) is 0.318. The van der Waals surface area contributed by atoms with Crippen molar-refractivity contribution in [1.29, 1.82) is 0 Å². The number of hydrogen-bond donors (Lipinski definition) is 0. The van der Waals surface area contributed by atoms with Gasteiger partial charge in [0.15, 0.2) is 0 Å². The minimum atomic E-state index is -1.11. The molecule has 1 amide bonds. The monoisotopic (exact) mass is 383 g/mol. The number of para-hydroxylation sites is 1. The van der Waals surface area contributed by atoms with Gasteiger partial charge >= 0.3 is 0 Å². The third kappa shape index (κ3) is 3.54. The standard InChI is InChI=1S/C22H22FNO4/c1-3-4-8-17(25)19-20(16-7-5-6-9-18(16)28-2)24(22(27)21(19)26)15-12-10-14(23)11-13-15/h5-7,9-13,19-20H,3-4,8H2,1-2H3. The van der Waals surface area contributed by atoms with E-state index >= 15 is 0 Å². The highest BCUT2D eigenvalue weighted by Crippen LogP contribution is 2.43. The third-order valence-electron chi connectivity index (χ3n) is 4.99. The quantitative estimate of drug-likeness (QED) is 0.538. The number of amides is 1. The number of hydrogen-bond acceptors (Lipinski definition) is 4. The van der Waals surface area contributed by atoms with Gasteiger partial charge in [-0.25, -0.2) is 4.39 Å². The zero-order valence-electron chi connectivity index (χ0n) is 15.9. The molecule has 1 saturated heterocycles. The van der Waals surface area contributed by atoms with E-state index in [2.05, 4.69) is 0 Å². The Labute approximate surface area is 163 Å². The van der Waals surface area contributed by atoms with Crippen molar-refractivity contribution < 1.29 is 23.5 Å². The molecule has 28 heavy (non-hydrogen) atoms. The van der Waals surface area contributed by atoms with E-state index in [4.69, 9.17) is 4.74 Å². The van der Waals surface area contributed by atoms with E-state index in [-0.39, 0.29) is 12.2 Å². The Balaban J connectivity index is 2.14. The zero-order chi connectivity index (χ0) is 20.3. The molecule has 2 atom stereocenters. The van der Waals surface area contributed by atoms with Crippen molar-refractivity contribution in [2.75, 3.05) is 12.0 Å². The highest BCUT2D eigenvalue weighted by Gasteiger charge is 2.52. The van der Waals surface area contributed by atoms with Gasteiger partial charge in [0.1, 0.15) is 23.3 Å². The van der Waals surface area contributed by atoms with Crippen molar-refractivity contribution in [3.05, 3.63) is 59.9 Å². The molecule has 1 heterocycles. The summed E-state index contributed by atoms with van der Waals surface area (Å²) in [6, 6.07) is 11.5. The summed E-state index contributed by atoms with van der Waals surface area (Å²) in [5, 5.41) is 0. The van der Waals surface area contributed by atoms with E-state index < -0.39 is 29.5 Å². The van der Waals surface area contributed by atoms with Gasteiger partial charge in [0, 0.05) is 17.7 Å². The Morgan fingerprint density at radius 1 is 1.11 bits per heavy atom. The van der Waals surface area contributed by atoms with Crippen LogP contribution in [0.3, 0.4) is 0 Å². The highest BCUT2D eigenvalue weighted by molar-refractivity contribution is 6.48. The average molecular weight is 383 g/mol. The van der Waals surface area contributed by atoms with Crippen LogP contribution < -0.4 is 9.64 Å². The van der Waals surface area contributed by atoms with E-state index in [0.29, 0.717) is 23.4 Å². The summed E-state index contributed by atoms with van der Waals surface area (Å²) < 4.78 is 18.8. The number of ketones is 2. The van der Waals surface area contributed by atoms with Gasteiger partial charge in [-0.05, 0) is 36.8 Å². The molecule has 2 aromatic rings. The predicted molar refractivity (Wildman–Crippen MR) is 103 cm³/mol. The van der Waals surface area contributed by atoms with Crippen LogP contribution in [0.5, 0.6) is 5.75 Å². The summed E-state index contributed by atoms with van der Waals surface area (Å²) in [6.07, 6.45) is 1.68. The first kappa shape index (κ1) is 19.7. The van der Waals surface area contributed by atoms with Gasteiger partial charge in [-0.1, -0.05) is 31.5 Å². The fourth-order valence-electron chi connectivity index (χ4n) is 3.61. The van der Waals surface area contributed by atoms with Crippen LogP contribution in [-0.4, -0.2) is 24.6 Å². The highest BCUT2D eigenvalue weighted by atomic mass is 19.1. The molecule has 3 rings (SSSR count). The summed E-state index contributed by atoms with van der Waals surface area (Å²) in [6.45, 7) is 1.96. The third-order valence-corrected chi connectivity index (χ3v) is 4.99. The molecule has 2 unspecified atom stereocenters. The number of Topliss-reactive ketones (excluding diaryl/α,β-unsaturated/α-hetero) is 2. The van der Waals surface area contributed by atoms with Gasteiger partial charge in [0.25, 0.3) is 5.91 Å². The largest absolute Gasteiger partial charge is 0.496 e. The lowest BCUT2D eigenvalue weighted by Gasteiger charge is -2.28. The van der Waals surface area contributed by atoms with Crippen LogP contribution >= 0.6 is 0 Å². The molecule has 5 nitrogen and oxygen atoms in total. The van der Waals surface area contributed by atoms with Crippen molar-refractivity contribution in [3.8, 4) is 5.75 Å². The Bertz CT molecular complexity index is 894. The summed E-state index contributed by atoms with van der Waals surface area (Å²) in [4.78, 5) is 39.8. The second kappa shape index (κ2) is 8.33. The summed E-state index contributed by atoms with van der Waals surface area (Å²) in [7, 11) is 1.49. The Morgan fingerprint density at radius 2 is 1.79 bits per heavy atom. The Kier molecular flexibility index (Phi) is 5.87. The second-order valence-corrected chi connectivity index (χ2v) is 6.75. The van der Waals surface area contributed by atoms with E-state index in [1.807, 2.05) is 6.92 Å². The van der Waals surface area contributed by atoms with E-state index in [1.54, 1.807) is 24.3 Å². The Morgan fingerprint density at radius 3 is 2.43 bits per heavy atom. The number of rotatable bonds is 7. The predicted octanol–water partition coefficient (Wildman–Crippen LogP) is 3.87. The molecule has 146 valence electrons. The van der Waals surface area contributed by atoms with E-state index in [0.717, 1.165) is 6.42 Å². The van der Waals surface area contributed by atoms with Crippen LogP contribution in [0.15, 0.2) is 48.5 Å². The summed E-state index contributed by atoms with van der Waals surface area (Å²) >= 11 is 0. The molecule has 2 aromatic carbocycles. The van der Waals surface area contributed by atoms with Crippen LogP contribution in [0.1, 0.15) is 37.8 Å². The first-order valence-electron chi connectivity index (χ1n) is 9.28. The molecule has 1 aliphatic heterocycles. The van der Waals surface area contributed by atoms with Gasteiger partial charge < -0.3 is 4.74 Å². The maximum atomic E-state index is 13.4. The molecule has 1 fully saturated rings. The maximum absolute atomic E-state index is 13.4. The molecule has 6 heteroatoms. The van der Waals surface area contributed by atoms with Crippen molar-refractivity contribution in [1.82, 2.24) is 0 Å². The van der Waals surface area contributed by atoms with Gasteiger partial charge in [0.2, 0.25) is 5.78 Å². The van der Waals surface area contributed by atoms with Gasteiger partial charge in [-0.2, -0.15) is 0 Å². The van der Waals surface area contributed by atoms with Crippen LogP contribution in [0.4, 0.5) is 10.1 Å². The topological polar surface area (TPSA) is 63.7 Å². The van der Waals surface area contributed by atoms with Crippen LogP contribution in [0, 0.1) is 11.7 Å².